The second-order valence-corrected chi connectivity index (χ2v) is 6.60. The van der Waals surface area contributed by atoms with Gasteiger partial charge >= 0.3 is 6.01 Å². The van der Waals surface area contributed by atoms with Gasteiger partial charge in [0.15, 0.2) is 0 Å². The summed E-state index contributed by atoms with van der Waals surface area (Å²) in [5, 5.41) is 4.69. The van der Waals surface area contributed by atoms with Crippen LogP contribution in [0.1, 0.15) is 12.8 Å². The van der Waals surface area contributed by atoms with Gasteiger partial charge < -0.3 is 9.64 Å². The van der Waals surface area contributed by atoms with Crippen molar-refractivity contribution in [1.29, 1.82) is 0 Å². The minimum atomic E-state index is 0.0859. The van der Waals surface area contributed by atoms with E-state index in [9.17, 15) is 0 Å². The summed E-state index contributed by atoms with van der Waals surface area (Å²) in [6.45, 7) is 1.64. The molecule has 1 aliphatic rings. The summed E-state index contributed by atoms with van der Waals surface area (Å²) >= 11 is 5.83. The first kappa shape index (κ1) is 16.7. The molecule has 0 radical (unpaired) electrons. The smallest absolute Gasteiger partial charge is 0.316 e. The van der Waals surface area contributed by atoms with E-state index in [1.54, 1.807) is 35.7 Å². The molecule has 9 heteroatoms. The number of hydrogen-bond donors (Lipinski definition) is 0. The van der Waals surface area contributed by atoms with E-state index >= 15 is 0 Å². The molecule has 0 spiro atoms. The molecule has 4 heterocycles. The molecule has 0 aliphatic carbocycles. The first-order chi connectivity index (χ1) is 12.7. The lowest BCUT2D eigenvalue weighted by Crippen LogP contribution is -2.39. The Bertz CT molecular complexity index is 858. The Labute approximate surface area is 155 Å². The van der Waals surface area contributed by atoms with Crippen LogP contribution in [-0.2, 0) is 7.05 Å². The largest absolute Gasteiger partial charge is 0.460 e. The van der Waals surface area contributed by atoms with Crippen molar-refractivity contribution >= 4 is 17.5 Å². The Balaban J connectivity index is 1.33. The van der Waals surface area contributed by atoms with Crippen LogP contribution in [0, 0.1) is 0 Å². The zero-order valence-corrected chi connectivity index (χ0v) is 15.0. The van der Waals surface area contributed by atoms with Crippen LogP contribution in [0.15, 0.2) is 37.2 Å². The van der Waals surface area contributed by atoms with Crippen LogP contribution in [0.5, 0.6) is 6.01 Å². The molecule has 0 unspecified atom stereocenters. The lowest BCUT2D eigenvalue weighted by atomic mass is 10.1. The number of hydrogen-bond acceptors (Lipinski definition) is 7. The molecule has 0 bridgehead atoms. The first-order valence-electron chi connectivity index (χ1n) is 8.37. The molecule has 0 aromatic carbocycles. The number of nitrogens with zero attached hydrogens (tertiary/aromatic N) is 7. The molecule has 3 aromatic rings. The van der Waals surface area contributed by atoms with Crippen molar-refractivity contribution in [3.8, 4) is 17.1 Å². The van der Waals surface area contributed by atoms with Gasteiger partial charge in [-0.1, -0.05) is 11.6 Å². The third kappa shape index (κ3) is 3.75. The van der Waals surface area contributed by atoms with Crippen molar-refractivity contribution in [1.82, 2.24) is 29.7 Å². The summed E-state index contributed by atoms with van der Waals surface area (Å²) in [6.07, 6.45) is 12.3. The third-order valence-corrected chi connectivity index (χ3v) is 4.47. The van der Waals surface area contributed by atoms with Gasteiger partial charge in [-0.25, -0.2) is 19.9 Å². The van der Waals surface area contributed by atoms with E-state index in [1.165, 1.54) is 0 Å². The van der Waals surface area contributed by atoms with Gasteiger partial charge in [-0.2, -0.15) is 5.10 Å². The minimum Gasteiger partial charge on any atom is -0.460 e. The highest BCUT2D eigenvalue weighted by molar-refractivity contribution is 6.30. The van der Waals surface area contributed by atoms with Gasteiger partial charge in [0, 0.05) is 62.7 Å². The lowest BCUT2D eigenvalue weighted by Gasteiger charge is -2.31. The lowest BCUT2D eigenvalue weighted by molar-refractivity contribution is 0.156. The molecule has 0 amide bonds. The Morgan fingerprint density at radius 2 is 1.65 bits per heavy atom. The molecular formula is C17H18ClN7O. The van der Waals surface area contributed by atoms with E-state index in [1.807, 2.05) is 13.2 Å². The normalized spacial score (nSPS) is 15.2. The Morgan fingerprint density at radius 3 is 2.27 bits per heavy atom. The van der Waals surface area contributed by atoms with Gasteiger partial charge in [0.2, 0.25) is 5.95 Å². The first-order valence-corrected chi connectivity index (χ1v) is 8.75. The molecule has 8 nitrogen and oxygen atoms in total. The van der Waals surface area contributed by atoms with Gasteiger partial charge in [-0.3, -0.25) is 4.68 Å². The summed E-state index contributed by atoms with van der Waals surface area (Å²) < 4.78 is 7.67. The molecule has 0 N–H and O–H groups in total. The number of ether oxygens (including phenoxy) is 1. The van der Waals surface area contributed by atoms with Crippen LogP contribution in [-0.4, -0.2) is 48.9 Å². The minimum absolute atomic E-state index is 0.0859. The van der Waals surface area contributed by atoms with Crippen molar-refractivity contribution in [2.45, 2.75) is 18.9 Å². The van der Waals surface area contributed by atoms with Crippen LogP contribution >= 0.6 is 11.6 Å². The molecule has 134 valence electrons. The Hall–Kier alpha value is -2.74. The number of anilines is 1. The SMILES string of the molecule is Cn1cc(-c2cnc(OC3CCN(c4ncc(Cl)cn4)CC3)nc2)cn1. The summed E-state index contributed by atoms with van der Waals surface area (Å²) in [5.74, 6) is 0.699. The van der Waals surface area contributed by atoms with Crippen molar-refractivity contribution in [2.75, 3.05) is 18.0 Å². The summed E-state index contributed by atoms with van der Waals surface area (Å²) in [5.41, 5.74) is 1.90. The average molecular weight is 372 g/mol. The zero-order valence-electron chi connectivity index (χ0n) is 14.3. The van der Waals surface area contributed by atoms with E-state index < -0.39 is 0 Å². The molecule has 1 saturated heterocycles. The molecule has 1 aliphatic heterocycles. The number of halogens is 1. The van der Waals surface area contributed by atoms with Crippen molar-refractivity contribution < 1.29 is 4.74 Å². The van der Waals surface area contributed by atoms with E-state index in [-0.39, 0.29) is 6.10 Å². The van der Waals surface area contributed by atoms with Crippen molar-refractivity contribution in [3.05, 3.63) is 42.2 Å². The maximum Gasteiger partial charge on any atom is 0.316 e. The highest BCUT2D eigenvalue weighted by atomic mass is 35.5. The van der Waals surface area contributed by atoms with Crippen LogP contribution in [0.25, 0.3) is 11.1 Å². The van der Waals surface area contributed by atoms with E-state index in [0.717, 1.165) is 37.1 Å². The van der Waals surface area contributed by atoms with E-state index in [2.05, 4.69) is 29.9 Å². The van der Waals surface area contributed by atoms with Crippen LogP contribution in [0.4, 0.5) is 5.95 Å². The highest BCUT2D eigenvalue weighted by Gasteiger charge is 2.23. The maximum absolute atomic E-state index is 5.92. The second kappa shape index (κ2) is 7.25. The summed E-state index contributed by atoms with van der Waals surface area (Å²) in [4.78, 5) is 19.3. The molecular weight excluding hydrogens is 354 g/mol. The maximum atomic E-state index is 5.92. The number of aryl methyl sites for hydroxylation is 1. The predicted octanol–water partition coefficient (Wildman–Crippen LogP) is 2.37. The molecule has 0 atom stereocenters. The van der Waals surface area contributed by atoms with Gasteiger partial charge in [0.25, 0.3) is 0 Å². The fourth-order valence-corrected chi connectivity index (χ4v) is 2.99. The van der Waals surface area contributed by atoms with Crippen molar-refractivity contribution in [3.63, 3.8) is 0 Å². The number of rotatable bonds is 4. The van der Waals surface area contributed by atoms with Crippen LogP contribution in [0.3, 0.4) is 0 Å². The molecule has 0 saturated carbocycles. The van der Waals surface area contributed by atoms with Gasteiger partial charge in [-0.15, -0.1) is 0 Å². The van der Waals surface area contributed by atoms with E-state index in [0.29, 0.717) is 17.0 Å². The topological polar surface area (TPSA) is 81.9 Å². The summed E-state index contributed by atoms with van der Waals surface area (Å²) in [6, 6.07) is 0.402. The standard InChI is InChI=1S/C17H18ClN7O/c1-24-11-13(8-23-24)12-6-21-17(22-7-12)26-15-2-4-25(5-3-15)16-19-9-14(18)10-20-16/h6-11,15H,2-5H2,1H3. The van der Waals surface area contributed by atoms with Gasteiger partial charge in [0.05, 0.1) is 23.6 Å². The van der Waals surface area contributed by atoms with Gasteiger partial charge in [-0.05, 0) is 0 Å². The third-order valence-electron chi connectivity index (χ3n) is 4.27. The Kier molecular flexibility index (Phi) is 4.66. The zero-order chi connectivity index (χ0) is 17.9. The van der Waals surface area contributed by atoms with E-state index in [4.69, 9.17) is 16.3 Å². The van der Waals surface area contributed by atoms with Gasteiger partial charge in [0.1, 0.15) is 6.10 Å². The monoisotopic (exact) mass is 371 g/mol. The number of piperidine rings is 1. The number of aromatic nitrogens is 6. The molecule has 1 fully saturated rings. The predicted molar refractivity (Wildman–Crippen MR) is 97.1 cm³/mol. The fourth-order valence-electron chi connectivity index (χ4n) is 2.89. The molecule has 4 rings (SSSR count). The fraction of sp³-hybridized carbons (Fsp3) is 0.353. The average Bonchev–Trinajstić information content (AvgIpc) is 3.10. The van der Waals surface area contributed by atoms with Crippen molar-refractivity contribution in [2.24, 2.45) is 7.05 Å². The molecule has 26 heavy (non-hydrogen) atoms. The molecule has 3 aromatic heterocycles. The van der Waals surface area contributed by atoms with Crippen LogP contribution < -0.4 is 9.64 Å². The summed E-state index contributed by atoms with van der Waals surface area (Å²) in [7, 11) is 1.88. The second-order valence-electron chi connectivity index (χ2n) is 6.16. The highest BCUT2D eigenvalue weighted by Crippen LogP contribution is 2.21. The quantitative estimate of drug-likeness (QED) is 0.696. The Morgan fingerprint density at radius 1 is 0.962 bits per heavy atom. The van der Waals surface area contributed by atoms with Crippen LogP contribution in [0.2, 0.25) is 5.02 Å².